The van der Waals surface area contributed by atoms with Gasteiger partial charge in [-0.05, 0) is 34.1 Å². The zero-order valence-corrected chi connectivity index (χ0v) is 20.1. The highest BCUT2D eigenvalue weighted by atomic mass is 79.9. The lowest BCUT2D eigenvalue weighted by atomic mass is 10.1. The number of aromatic nitrogens is 2. The summed E-state index contributed by atoms with van der Waals surface area (Å²) in [4.78, 5) is 8.68. The van der Waals surface area contributed by atoms with Crippen LogP contribution in [0.25, 0.3) is 20.8 Å². The van der Waals surface area contributed by atoms with Gasteiger partial charge >= 0.3 is 0 Å². The average Bonchev–Trinajstić information content (AvgIpc) is 2.89. The lowest BCUT2D eigenvalue weighted by Crippen LogP contribution is -2.05. The van der Waals surface area contributed by atoms with Gasteiger partial charge in [-0.2, -0.15) is 5.26 Å². The molecule has 130 valence electrons. The van der Waals surface area contributed by atoms with Crippen LogP contribution in [0.2, 0.25) is 29.7 Å². The molecule has 0 spiro atoms. The van der Waals surface area contributed by atoms with Crippen LogP contribution in [0.3, 0.4) is 0 Å². The summed E-state index contributed by atoms with van der Waals surface area (Å²) in [7, 11) is 0. The standard InChI is InChI=1S/C13H4BrCl2N3S.C3H9BrSi/c14-12-11-9(1-2-18-12)19-13(20-11)10-7(15)3-6(5-17)4-8(10)16;1-5(2,3)4/h1-4H;1-3H3. The fraction of sp³-hybridized carbons (Fsp3) is 0.188. The number of hydrogen-bond donors (Lipinski definition) is 0. The molecule has 3 nitrogen and oxygen atoms in total. The van der Waals surface area contributed by atoms with Gasteiger partial charge in [-0.25, -0.2) is 9.97 Å². The van der Waals surface area contributed by atoms with Crippen molar-refractivity contribution in [1.29, 1.82) is 5.26 Å². The number of nitrogens with zero attached hydrogens (tertiary/aromatic N) is 3. The van der Waals surface area contributed by atoms with E-state index < -0.39 is 6.69 Å². The number of hydrogen-bond acceptors (Lipinski definition) is 4. The predicted molar refractivity (Wildman–Crippen MR) is 118 cm³/mol. The Balaban J connectivity index is 0.000000399. The molecule has 0 unspecified atom stereocenters. The van der Waals surface area contributed by atoms with Gasteiger partial charge in [0.1, 0.15) is 16.3 Å². The van der Waals surface area contributed by atoms with Crippen LogP contribution < -0.4 is 0 Å². The van der Waals surface area contributed by atoms with Crippen LogP contribution in [0, 0.1) is 11.3 Å². The van der Waals surface area contributed by atoms with Gasteiger partial charge in [-0.15, -0.1) is 26.6 Å². The smallest absolute Gasteiger partial charge is 0.127 e. The molecule has 3 aromatic rings. The van der Waals surface area contributed by atoms with E-state index in [1.165, 1.54) is 11.3 Å². The van der Waals surface area contributed by atoms with Crippen LogP contribution in [0.15, 0.2) is 29.0 Å². The molecule has 2 heterocycles. The average molecular weight is 538 g/mol. The van der Waals surface area contributed by atoms with E-state index in [0.717, 1.165) is 14.8 Å². The molecule has 0 atom stereocenters. The first kappa shape index (κ1) is 20.8. The Morgan fingerprint density at radius 3 is 2.24 bits per heavy atom. The van der Waals surface area contributed by atoms with Crippen molar-refractivity contribution in [2.75, 3.05) is 0 Å². The molecular weight excluding hydrogens is 525 g/mol. The monoisotopic (exact) mass is 535 g/mol. The summed E-state index contributed by atoms with van der Waals surface area (Å²) >= 11 is 20.8. The highest BCUT2D eigenvalue weighted by molar-refractivity contribution is 9.26. The van der Waals surface area contributed by atoms with Crippen LogP contribution in [-0.2, 0) is 0 Å². The van der Waals surface area contributed by atoms with Gasteiger partial charge in [0, 0.05) is 11.8 Å². The Morgan fingerprint density at radius 2 is 1.76 bits per heavy atom. The molecule has 9 heteroatoms. The van der Waals surface area contributed by atoms with Crippen molar-refractivity contribution < 1.29 is 0 Å². The quantitative estimate of drug-likeness (QED) is 0.183. The van der Waals surface area contributed by atoms with Crippen LogP contribution in [0.4, 0.5) is 0 Å². The maximum Gasteiger partial charge on any atom is 0.127 e. The molecule has 1 aromatic carbocycles. The van der Waals surface area contributed by atoms with E-state index in [1.54, 1.807) is 18.3 Å². The normalized spacial score (nSPS) is 11.0. The fourth-order valence-corrected chi connectivity index (χ4v) is 4.13. The number of thiazole rings is 1. The molecule has 0 fully saturated rings. The third kappa shape index (κ3) is 5.74. The van der Waals surface area contributed by atoms with E-state index in [1.807, 2.05) is 12.1 Å². The van der Waals surface area contributed by atoms with Crippen molar-refractivity contribution in [2.24, 2.45) is 0 Å². The lowest BCUT2D eigenvalue weighted by molar-refractivity contribution is 1.31. The van der Waals surface area contributed by atoms with Crippen LogP contribution in [0.1, 0.15) is 5.56 Å². The molecule has 0 aliphatic heterocycles. The second-order valence-corrected chi connectivity index (χ2v) is 19.8. The van der Waals surface area contributed by atoms with Gasteiger partial charge in [0.2, 0.25) is 0 Å². The minimum absolute atomic E-state index is 0.414. The predicted octanol–water partition coefficient (Wildman–Crippen LogP) is 7.52. The lowest BCUT2D eigenvalue weighted by Gasteiger charge is -2.03. The molecule has 0 saturated heterocycles. The molecule has 0 aliphatic rings. The number of rotatable bonds is 1. The summed E-state index contributed by atoms with van der Waals surface area (Å²) in [5, 5.41) is 10.4. The molecule has 0 aliphatic carbocycles. The summed E-state index contributed by atoms with van der Waals surface area (Å²) in [6.45, 7) is 5.93. The molecule has 0 saturated carbocycles. The summed E-state index contributed by atoms with van der Waals surface area (Å²) in [6.07, 6.45) is 1.68. The first-order valence-corrected chi connectivity index (χ1v) is 15.2. The number of fused-ring (bicyclic) bond motifs is 1. The zero-order valence-electron chi connectivity index (χ0n) is 13.6. The minimum atomic E-state index is -0.799. The van der Waals surface area contributed by atoms with Crippen molar-refractivity contribution in [1.82, 2.24) is 9.97 Å². The van der Waals surface area contributed by atoms with Crippen LogP contribution in [-0.4, -0.2) is 16.7 Å². The Bertz CT molecular complexity index is 935. The van der Waals surface area contributed by atoms with E-state index in [0.29, 0.717) is 26.2 Å². The highest BCUT2D eigenvalue weighted by Gasteiger charge is 2.16. The molecule has 2 aromatic heterocycles. The summed E-state index contributed by atoms with van der Waals surface area (Å²) in [6, 6.07) is 7.02. The molecule has 0 N–H and O–H groups in total. The van der Waals surface area contributed by atoms with E-state index in [-0.39, 0.29) is 0 Å². The van der Waals surface area contributed by atoms with Crippen molar-refractivity contribution in [3.63, 3.8) is 0 Å². The maximum absolute atomic E-state index is 8.90. The molecule has 0 bridgehead atoms. The van der Waals surface area contributed by atoms with Crippen molar-refractivity contribution in [2.45, 2.75) is 19.6 Å². The number of pyridine rings is 1. The Hall–Kier alpha value is -0.493. The van der Waals surface area contributed by atoms with Gasteiger partial charge in [-0.1, -0.05) is 42.8 Å². The molecule has 0 radical (unpaired) electrons. The second kappa shape index (κ2) is 8.46. The van der Waals surface area contributed by atoms with Crippen LogP contribution in [0.5, 0.6) is 0 Å². The third-order valence-electron chi connectivity index (χ3n) is 2.65. The molecule has 25 heavy (non-hydrogen) atoms. The summed E-state index contributed by atoms with van der Waals surface area (Å²) in [5.74, 6) is 0. The van der Waals surface area contributed by atoms with E-state index in [9.17, 15) is 0 Å². The molecular formula is C16H13Br2Cl2N3SSi. The SMILES string of the molecule is C[Si](C)(C)Br.N#Cc1cc(Cl)c(-c2nc3ccnc(Br)c3s2)c(Cl)c1. The second-order valence-electron chi connectivity index (χ2n) is 5.96. The first-order chi connectivity index (χ1) is 11.6. The Morgan fingerprint density at radius 1 is 1.20 bits per heavy atom. The van der Waals surface area contributed by atoms with E-state index >= 15 is 0 Å². The van der Waals surface area contributed by atoms with Crippen molar-refractivity contribution >= 4 is 82.7 Å². The number of halogens is 4. The minimum Gasteiger partial charge on any atom is -0.248 e. The largest absolute Gasteiger partial charge is 0.248 e. The topological polar surface area (TPSA) is 49.6 Å². The maximum atomic E-state index is 8.90. The zero-order chi connectivity index (χ0) is 18.8. The van der Waals surface area contributed by atoms with E-state index in [4.69, 9.17) is 28.5 Å². The van der Waals surface area contributed by atoms with Gasteiger partial charge in [-0.3, -0.25) is 0 Å². The highest BCUT2D eigenvalue weighted by Crippen LogP contribution is 2.40. The molecule has 0 amide bonds. The number of benzene rings is 1. The van der Waals surface area contributed by atoms with Gasteiger partial charge in [0.25, 0.3) is 0 Å². The Labute approximate surface area is 177 Å². The number of nitriles is 1. The van der Waals surface area contributed by atoms with Gasteiger partial charge < -0.3 is 0 Å². The first-order valence-electron chi connectivity index (χ1n) is 7.09. The fourth-order valence-electron chi connectivity index (χ4n) is 1.77. The van der Waals surface area contributed by atoms with Crippen molar-refractivity contribution in [3.05, 3.63) is 44.6 Å². The molecule has 3 rings (SSSR count). The Kier molecular flexibility index (Phi) is 7.05. The van der Waals surface area contributed by atoms with Gasteiger partial charge in [0.05, 0.1) is 31.9 Å². The summed E-state index contributed by atoms with van der Waals surface area (Å²) < 4.78 is 1.67. The summed E-state index contributed by atoms with van der Waals surface area (Å²) in [5.41, 5.74) is 1.89. The van der Waals surface area contributed by atoms with Crippen molar-refractivity contribution in [3.8, 4) is 16.6 Å². The van der Waals surface area contributed by atoms with Crippen LogP contribution >= 0.6 is 65.8 Å². The van der Waals surface area contributed by atoms with Gasteiger partial charge in [0.15, 0.2) is 0 Å². The third-order valence-corrected chi connectivity index (χ3v) is 5.20. The van der Waals surface area contributed by atoms with E-state index in [2.05, 4.69) is 60.8 Å².